The summed E-state index contributed by atoms with van der Waals surface area (Å²) in [5.41, 5.74) is 2.09. The van der Waals surface area contributed by atoms with Gasteiger partial charge in [0.25, 0.3) is 5.91 Å². The summed E-state index contributed by atoms with van der Waals surface area (Å²) in [5, 5.41) is 3.56. The lowest BCUT2D eigenvalue weighted by atomic mass is 10.1. The van der Waals surface area contributed by atoms with E-state index in [1.807, 2.05) is 24.3 Å². The van der Waals surface area contributed by atoms with Gasteiger partial charge in [-0.2, -0.15) is 0 Å². The summed E-state index contributed by atoms with van der Waals surface area (Å²) < 4.78 is 25.9. The molecule has 1 aliphatic heterocycles. The van der Waals surface area contributed by atoms with E-state index in [-0.39, 0.29) is 11.7 Å². The minimum atomic E-state index is -3.28. The Labute approximate surface area is 159 Å². The summed E-state index contributed by atoms with van der Waals surface area (Å²) >= 11 is 5.86. The molecule has 2 aromatic carbocycles. The highest BCUT2D eigenvalue weighted by molar-refractivity contribution is 7.92. The molecule has 26 heavy (non-hydrogen) atoms. The average molecular weight is 393 g/mol. The third kappa shape index (κ3) is 4.56. The normalized spacial score (nSPS) is 16.3. The molecule has 0 bridgehead atoms. The number of carbonyl (C=O) groups is 1. The zero-order chi connectivity index (χ0) is 18.6. The molecular weight excluding hydrogens is 372 g/mol. The van der Waals surface area contributed by atoms with Gasteiger partial charge in [-0.3, -0.25) is 9.10 Å². The van der Waals surface area contributed by atoms with Crippen molar-refractivity contribution in [1.82, 2.24) is 5.32 Å². The zero-order valence-corrected chi connectivity index (χ0v) is 15.9. The van der Waals surface area contributed by atoms with Crippen molar-refractivity contribution >= 4 is 33.2 Å². The second-order valence-electron chi connectivity index (χ2n) is 6.28. The number of halogens is 1. The number of hydrogen-bond acceptors (Lipinski definition) is 3. The fourth-order valence-corrected chi connectivity index (χ4v) is 4.71. The van der Waals surface area contributed by atoms with E-state index >= 15 is 0 Å². The third-order valence-electron chi connectivity index (χ3n) is 4.36. The molecule has 138 valence electrons. The predicted octanol–water partition coefficient (Wildman–Crippen LogP) is 3.24. The molecule has 0 aromatic heterocycles. The van der Waals surface area contributed by atoms with Gasteiger partial charge in [0.1, 0.15) is 0 Å². The molecule has 0 unspecified atom stereocenters. The highest BCUT2D eigenvalue weighted by Gasteiger charge is 2.26. The van der Waals surface area contributed by atoms with E-state index < -0.39 is 10.0 Å². The Kier molecular flexibility index (Phi) is 5.84. The van der Waals surface area contributed by atoms with Gasteiger partial charge in [0.2, 0.25) is 10.0 Å². The lowest BCUT2D eigenvalue weighted by molar-refractivity contribution is 0.0954. The first-order chi connectivity index (χ1) is 12.5. The molecule has 1 aliphatic rings. The van der Waals surface area contributed by atoms with Gasteiger partial charge in [-0.1, -0.05) is 29.8 Å². The van der Waals surface area contributed by atoms with Gasteiger partial charge < -0.3 is 5.32 Å². The van der Waals surface area contributed by atoms with Crippen LogP contribution < -0.4 is 9.62 Å². The maximum absolute atomic E-state index is 12.4. The number of sulfonamides is 1. The van der Waals surface area contributed by atoms with Crippen LogP contribution in [0.1, 0.15) is 28.8 Å². The van der Waals surface area contributed by atoms with Crippen molar-refractivity contribution < 1.29 is 13.2 Å². The van der Waals surface area contributed by atoms with Gasteiger partial charge in [-0.25, -0.2) is 8.42 Å². The number of rotatable bonds is 5. The fourth-order valence-electron chi connectivity index (χ4n) is 2.95. The van der Waals surface area contributed by atoms with E-state index in [2.05, 4.69) is 5.32 Å². The first-order valence-electron chi connectivity index (χ1n) is 8.59. The van der Waals surface area contributed by atoms with Crippen molar-refractivity contribution in [1.29, 1.82) is 0 Å². The van der Waals surface area contributed by atoms with Gasteiger partial charge in [0.15, 0.2) is 0 Å². The van der Waals surface area contributed by atoms with Gasteiger partial charge in [-0.15, -0.1) is 0 Å². The predicted molar refractivity (Wildman–Crippen MR) is 104 cm³/mol. The summed E-state index contributed by atoms with van der Waals surface area (Å²) in [6.07, 6.45) is 2.21. The maximum Gasteiger partial charge on any atom is 0.251 e. The second kappa shape index (κ2) is 8.10. The highest BCUT2D eigenvalue weighted by Crippen LogP contribution is 2.24. The first-order valence-corrected chi connectivity index (χ1v) is 10.6. The monoisotopic (exact) mass is 392 g/mol. The summed E-state index contributed by atoms with van der Waals surface area (Å²) in [6, 6.07) is 14.3. The maximum atomic E-state index is 12.4. The van der Waals surface area contributed by atoms with Gasteiger partial charge in [-0.05, 0) is 55.2 Å². The summed E-state index contributed by atoms with van der Waals surface area (Å²) in [4.78, 5) is 12.4. The van der Waals surface area contributed by atoms with Gasteiger partial charge in [0.05, 0.1) is 11.4 Å². The van der Waals surface area contributed by atoms with Crippen LogP contribution in [-0.4, -0.2) is 33.2 Å². The number of amides is 1. The van der Waals surface area contributed by atoms with Crippen LogP contribution >= 0.6 is 11.6 Å². The molecule has 1 fully saturated rings. The van der Waals surface area contributed by atoms with Gasteiger partial charge >= 0.3 is 0 Å². The van der Waals surface area contributed by atoms with Crippen molar-refractivity contribution in [2.45, 2.75) is 19.3 Å². The van der Waals surface area contributed by atoms with E-state index in [4.69, 9.17) is 11.6 Å². The Morgan fingerprint density at radius 2 is 1.88 bits per heavy atom. The lowest BCUT2D eigenvalue weighted by Crippen LogP contribution is -2.38. The minimum absolute atomic E-state index is 0.157. The standard InChI is InChI=1S/C19H21ClN2O3S/c20-17-8-6-15(7-9-17)10-11-21-19(23)16-4-3-5-18(14-16)22-12-1-2-13-26(22,24)25/h3-9,14H,1-2,10-13H2,(H,21,23). The molecule has 5 nitrogen and oxygen atoms in total. The largest absolute Gasteiger partial charge is 0.352 e. The molecule has 3 rings (SSSR count). The minimum Gasteiger partial charge on any atom is -0.352 e. The molecule has 7 heteroatoms. The first kappa shape index (κ1) is 18.7. The number of nitrogens with one attached hydrogen (secondary N) is 1. The molecule has 1 amide bonds. The third-order valence-corrected chi connectivity index (χ3v) is 6.48. The molecule has 2 aromatic rings. The fraction of sp³-hybridized carbons (Fsp3) is 0.316. The summed E-state index contributed by atoms with van der Waals surface area (Å²) in [5.74, 6) is -0.0555. The number of nitrogens with zero attached hydrogens (tertiary/aromatic N) is 1. The van der Waals surface area contributed by atoms with Crippen LogP contribution in [0, 0.1) is 0 Å². The van der Waals surface area contributed by atoms with E-state index in [9.17, 15) is 13.2 Å². The highest BCUT2D eigenvalue weighted by atomic mass is 35.5. The summed E-state index contributed by atoms with van der Waals surface area (Å²) in [7, 11) is -3.28. The molecule has 0 saturated carbocycles. The summed E-state index contributed by atoms with van der Waals surface area (Å²) in [6.45, 7) is 0.955. The number of carbonyl (C=O) groups excluding carboxylic acids is 1. The molecule has 0 aliphatic carbocycles. The molecule has 1 saturated heterocycles. The average Bonchev–Trinajstić information content (AvgIpc) is 2.63. The molecule has 0 atom stereocenters. The van der Waals surface area contributed by atoms with Crippen molar-refractivity contribution in [3.63, 3.8) is 0 Å². The Balaban J connectivity index is 1.63. The van der Waals surface area contributed by atoms with E-state index in [1.165, 1.54) is 4.31 Å². The molecule has 0 radical (unpaired) electrons. The lowest BCUT2D eigenvalue weighted by Gasteiger charge is -2.28. The van der Waals surface area contributed by atoms with Crippen LogP contribution in [0.4, 0.5) is 5.69 Å². The second-order valence-corrected chi connectivity index (χ2v) is 8.73. The zero-order valence-electron chi connectivity index (χ0n) is 14.3. The van der Waals surface area contributed by atoms with Crippen LogP contribution in [0.5, 0.6) is 0 Å². The van der Waals surface area contributed by atoms with Crippen LogP contribution in [0.25, 0.3) is 0 Å². The Morgan fingerprint density at radius 1 is 1.12 bits per heavy atom. The molecular formula is C19H21ClN2O3S. The van der Waals surface area contributed by atoms with E-state index in [0.717, 1.165) is 12.0 Å². The van der Waals surface area contributed by atoms with Crippen molar-refractivity contribution in [2.75, 3.05) is 23.1 Å². The number of hydrogen-bond donors (Lipinski definition) is 1. The van der Waals surface area contributed by atoms with Crippen molar-refractivity contribution in [3.8, 4) is 0 Å². The number of benzene rings is 2. The van der Waals surface area contributed by atoms with Crippen molar-refractivity contribution in [2.24, 2.45) is 0 Å². The quantitative estimate of drug-likeness (QED) is 0.849. The molecule has 0 spiro atoms. The van der Waals surface area contributed by atoms with Crippen LogP contribution in [0.2, 0.25) is 5.02 Å². The molecule has 1 heterocycles. The Hall–Kier alpha value is -2.05. The van der Waals surface area contributed by atoms with Gasteiger partial charge in [0, 0.05) is 23.7 Å². The van der Waals surface area contributed by atoms with Crippen LogP contribution in [-0.2, 0) is 16.4 Å². The Bertz CT molecular complexity index is 882. The topological polar surface area (TPSA) is 66.5 Å². The number of anilines is 1. The van der Waals surface area contributed by atoms with Crippen LogP contribution in [0.3, 0.4) is 0 Å². The van der Waals surface area contributed by atoms with Crippen LogP contribution in [0.15, 0.2) is 48.5 Å². The van der Waals surface area contributed by atoms with E-state index in [0.29, 0.717) is 42.2 Å². The molecule has 1 N–H and O–H groups in total. The smallest absolute Gasteiger partial charge is 0.251 e. The van der Waals surface area contributed by atoms with Crippen molar-refractivity contribution in [3.05, 3.63) is 64.7 Å². The Morgan fingerprint density at radius 3 is 2.62 bits per heavy atom. The SMILES string of the molecule is O=C(NCCc1ccc(Cl)cc1)c1cccc(N2CCCCS2(=O)=O)c1. The van der Waals surface area contributed by atoms with E-state index in [1.54, 1.807) is 24.3 Å².